The standard InChI is InChI=1S/C26H49N3O/c1-5-7-8-9-10-11-12-13-14-15-16-17-18-19-20-21-26-27-22-23-29(26,6-2)24(3)28-25(4)30/h8-9,22,24,26H,5-7,10-21,23H2,1-4H3/p+1/b9-8+. The van der Waals surface area contributed by atoms with Gasteiger partial charge >= 0.3 is 0 Å². The number of nitrogens with zero attached hydrogens (tertiary/aromatic N) is 2. The van der Waals surface area contributed by atoms with Crippen LogP contribution in [0.4, 0.5) is 0 Å². The molecule has 30 heavy (non-hydrogen) atoms. The minimum absolute atomic E-state index is 0.0583. The molecule has 0 fully saturated rings. The van der Waals surface area contributed by atoms with Crippen LogP contribution in [0.3, 0.4) is 0 Å². The Kier molecular flexibility index (Phi) is 14.8. The maximum atomic E-state index is 11.5. The molecule has 1 rings (SSSR count). The second-order valence-electron chi connectivity index (χ2n) is 9.16. The molecule has 0 saturated heterocycles. The molecule has 0 aromatic rings. The first kappa shape index (κ1) is 26.9. The van der Waals surface area contributed by atoms with E-state index in [1.165, 1.54) is 83.5 Å². The highest BCUT2D eigenvalue weighted by Crippen LogP contribution is 2.27. The lowest BCUT2D eigenvalue weighted by atomic mass is 10.0. The summed E-state index contributed by atoms with van der Waals surface area (Å²) in [6.07, 6.45) is 25.8. The first-order valence-corrected chi connectivity index (χ1v) is 12.9. The van der Waals surface area contributed by atoms with E-state index in [9.17, 15) is 4.79 Å². The van der Waals surface area contributed by atoms with Crippen LogP contribution in [0.15, 0.2) is 17.1 Å². The lowest BCUT2D eigenvalue weighted by Gasteiger charge is -2.42. The average molecular weight is 421 g/mol. The van der Waals surface area contributed by atoms with Crippen molar-refractivity contribution in [3.63, 3.8) is 0 Å². The van der Waals surface area contributed by atoms with E-state index in [-0.39, 0.29) is 12.1 Å². The van der Waals surface area contributed by atoms with Gasteiger partial charge in [-0.3, -0.25) is 9.28 Å². The van der Waals surface area contributed by atoms with Crippen molar-refractivity contribution in [1.82, 2.24) is 5.32 Å². The Morgan fingerprint density at radius 1 is 1.00 bits per heavy atom. The van der Waals surface area contributed by atoms with Crippen LogP contribution in [0.5, 0.6) is 0 Å². The van der Waals surface area contributed by atoms with Gasteiger partial charge in [0, 0.05) is 20.3 Å². The number of allylic oxidation sites excluding steroid dienone is 2. The highest BCUT2D eigenvalue weighted by Gasteiger charge is 2.42. The maximum absolute atomic E-state index is 11.5. The molecule has 0 radical (unpaired) electrons. The molecule has 4 nitrogen and oxygen atoms in total. The fourth-order valence-electron chi connectivity index (χ4n) is 4.77. The Balaban J connectivity index is 2.04. The smallest absolute Gasteiger partial charge is 0.221 e. The minimum atomic E-state index is 0.0583. The van der Waals surface area contributed by atoms with Crippen LogP contribution in [0.25, 0.3) is 0 Å². The van der Waals surface area contributed by atoms with Crippen LogP contribution in [-0.2, 0) is 4.79 Å². The predicted octanol–water partition coefficient (Wildman–Crippen LogP) is 6.75. The predicted molar refractivity (Wildman–Crippen MR) is 131 cm³/mol. The largest absolute Gasteiger partial charge is 0.307 e. The SMILES string of the molecule is CCC/C=C/CCCCCCCCCCCCC1N=CC[N+]1(CC)C(C)NC(C)=O. The molecule has 1 aliphatic rings. The monoisotopic (exact) mass is 420 g/mol. The summed E-state index contributed by atoms with van der Waals surface area (Å²) in [4.78, 5) is 16.3. The minimum Gasteiger partial charge on any atom is -0.307 e. The Labute approximate surface area is 187 Å². The van der Waals surface area contributed by atoms with Gasteiger partial charge in [-0.05, 0) is 32.6 Å². The molecule has 174 valence electrons. The molecule has 0 bridgehead atoms. The molecule has 0 aliphatic carbocycles. The van der Waals surface area contributed by atoms with Crippen molar-refractivity contribution in [3.05, 3.63) is 12.2 Å². The summed E-state index contributed by atoms with van der Waals surface area (Å²) in [6, 6.07) is 0. The Bertz CT molecular complexity index is 503. The van der Waals surface area contributed by atoms with E-state index in [0.29, 0.717) is 6.17 Å². The topological polar surface area (TPSA) is 41.5 Å². The summed E-state index contributed by atoms with van der Waals surface area (Å²) in [5.41, 5.74) is 0. The van der Waals surface area contributed by atoms with E-state index in [2.05, 4.69) is 44.5 Å². The van der Waals surface area contributed by atoms with Crippen LogP contribution < -0.4 is 5.32 Å². The quantitative estimate of drug-likeness (QED) is 0.149. The number of carbonyl (C=O) groups excluding carboxylic acids is 1. The third-order valence-corrected chi connectivity index (χ3v) is 6.77. The van der Waals surface area contributed by atoms with Gasteiger partial charge in [-0.2, -0.15) is 0 Å². The maximum Gasteiger partial charge on any atom is 0.221 e. The number of rotatable bonds is 18. The summed E-state index contributed by atoms with van der Waals surface area (Å²) in [5.74, 6) is 0.0583. The Morgan fingerprint density at radius 3 is 2.13 bits per heavy atom. The number of unbranched alkanes of at least 4 members (excludes halogenated alkanes) is 11. The highest BCUT2D eigenvalue weighted by molar-refractivity contribution is 5.73. The van der Waals surface area contributed by atoms with Crippen molar-refractivity contribution in [2.75, 3.05) is 13.1 Å². The molecular weight excluding hydrogens is 370 g/mol. The van der Waals surface area contributed by atoms with Crippen molar-refractivity contribution < 1.29 is 9.28 Å². The lowest BCUT2D eigenvalue weighted by molar-refractivity contribution is -0.959. The number of quaternary nitrogens is 1. The lowest BCUT2D eigenvalue weighted by Crippen LogP contribution is -2.63. The molecule has 1 aliphatic heterocycles. The molecule has 0 spiro atoms. The highest BCUT2D eigenvalue weighted by atomic mass is 16.1. The van der Waals surface area contributed by atoms with Crippen molar-refractivity contribution in [3.8, 4) is 0 Å². The van der Waals surface area contributed by atoms with Crippen LogP contribution in [0, 0.1) is 0 Å². The fourth-order valence-corrected chi connectivity index (χ4v) is 4.77. The molecule has 1 heterocycles. The van der Waals surface area contributed by atoms with E-state index in [1.54, 1.807) is 6.92 Å². The first-order valence-electron chi connectivity index (χ1n) is 12.9. The van der Waals surface area contributed by atoms with Gasteiger partial charge in [-0.25, -0.2) is 4.99 Å². The molecule has 0 saturated carbocycles. The van der Waals surface area contributed by atoms with E-state index in [4.69, 9.17) is 4.99 Å². The number of hydrogen-bond acceptors (Lipinski definition) is 2. The van der Waals surface area contributed by atoms with E-state index in [0.717, 1.165) is 24.0 Å². The van der Waals surface area contributed by atoms with Crippen molar-refractivity contribution >= 4 is 12.1 Å². The van der Waals surface area contributed by atoms with Crippen LogP contribution >= 0.6 is 0 Å². The van der Waals surface area contributed by atoms with E-state index in [1.807, 2.05) is 0 Å². The average Bonchev–Trinajstić information content (AvgIpc) is 3.14. The fraction of sp³-hybridized carbons (Fsp3) is 0.846. The second-order valence-corrected chi connectivity index (χ2v) is 9.16. The third kappa shape index (κ3) is 10.2. The zero-order valence-corrected chi connectivity index (χ0v) is 20.5. The van der Waals surface area contributed by atoms with Gasteiger partial charge in [-0.1, -0.05) is 76.9 Å². The number of amides is 1. The van der Waals surface area contributed by atoms with Gasteiger partial charge in [0.1, 0.15) is 6.54 Å². The van der Waals surface area contributed by atoms with E-state index >= 15 is 0 Å². The molecular formula is C26H50N3O+. The Hall–Kier alpha value is -1.16. The normalized spacial score (nSPS) is 22.1. The van der Waals surface area contributed by atoms with Crippen molar-refractivity contribution in [2.45, 2.75) is 130 Å². The molecule has 3 atom stereocenters. The third-order valence-electron chi connectivity index (χ3n) is 6.77. The Morgan fingerprint density at radius 2 is 1.57 bits per heavy atom. The number of carbonyl (C=O) groups is 1. The molecule has 0 aromatic carbocycles. The van der Waals surface area contributed by atoms with Crippen molar-refractivity contribution in [2.24, 2.45) is 4.99 Å². The van der Waals surface area contributed by atoms with Gasteiger partial charge < -0.3 is 5.32 Å². The molecule has 1 amide bonds. The summed E-state index contributed by atoms with van der Waals surface area (Å²) in [7, 11) is 0. The van der Waals surface area contributed by atoms with Gasteiger partial charge in [0.25, 0.3) is 0 Å². The number of hydrogen-bond donors (Lipinski definition) is 1. The van der Waals surface area contributed by atoms with Crippen LogP contribution in [0.2, 0.25) is 0 Å². The number of aliphatic imine (C=N–C) groups is 1. The van der Waals surface area contributed by atoms with Crippen molar-refractivity contribution in [1.29, 1.82) is 0 Å². The summed E-state index contributed by atoms with van der Waals surface area (Å²) < 4.78 is 0.883. The zero-order valence-electron chi connectivity index (χ0n) is 20.5. The van der Waals surface area contributed by atoms with Crippen LogP contribution in [-0.4, -0.2) is 42.0 Å². The zero-order chi connectivity index (χ0) is 22.1. The summed E-state index contributed by atoms with van der Waals surface area (Å²) >= 11 is 0. The molecule has 3 unspecified atom stereocenters. The second kappa shape index (κ2) is 16.5. The van der Waals surface area contributed by atoms with Gasteiger partial charge in [-0.15, -0.1) is 0 Å². The molecule has 1 N–H and O–H groups in total. The first-order chi connectivity index (χ1) is 14.6. The van der Waals surface area contributed by atoms with Crippen LogP contribution in [0.1, 0.15) is 118 Å². The van der Waals surface area contributed by atoms with Gasteiger partial charge in [0.15, 0.2) is 12.3 Å². The summed E-state index contributed by atoms with van der Waals surface area (Å²) in [5, 5.41) is 3.11. The van der Waals surface area contributed by atoms with Gasteiger partial charge in [0.2, 0.25) is 5.91 Å². The summed E-state index contributed by atoms with van der Waals surface area (Å²) in [6.45, 7) is 10.2. The van der Waals surface area contributed by atoms with E-state index < -0.39 is 0 Å². The molecule has 0 aromatic heterocycles. The number of nitrogens with one attached hydrogen (secondary N) is 1. The van der Waals surface area contributed by atoms with Gasteiger partial charge in [0.05, 0.1) is 12.8 Å². The molecule has 4 heteroatoms.